The molecule has 0 saturated heterocycles. The molecule has 0 aliphatic carbocycles. The van der Waals surface area contributed by atoms with Crippen LogP contribution in [0.3, 0.4) is 0 Å². The lowest BCUT2D eigenvalue weighted by atomic mass is 10.1. The van der Waals surface area contributed by atoms with Gasteiger partial charge in [-0.1, -0.05) is 18.2 Å². The minimum Gasteiger partial charge on any atom is -0.370 e. The fourth-order valence-electron chi connectivity index (χ4n) is 1.99. The van der Waals surface area contributed by atoms with Crippen molar-refractivity contribution >= 4 is 11.6 Å². The van der Waals surface area contributed by atoms with Crippen LogP contribution in [0.15, 0.2) is 41.4 Å². The summed E-state index contributed by atoms with van der Waals surface area (Å²) in [5.41, 5.74) is 10.8. The van der Waals surface area contributed by atoms with Crippen molar-refractivity contribution in [2.45, 2.75) is 27.3 Å². The van der Waals surface area contributed by atoms with Crippen LogP contribution >= 0.6 is 0 Å². The van der Waals surface area contributed by atoms with Gasteiger partial charge in [0.05, 0.1) is 6.54 Å². The third-order valence-electron chi connectivity index (χ3n) is 3.43. The lowest BCUT2D eigenvalue weighted by molar-refractivity contribution is 0.617. The standard InChI is InChI=1S/C17H20FN3/c1-11-4-6-15(9-12(11)2)21-17(19)20-10-14-5-7-16(18)13(3)8-14/h4-9H,10H2,1-3H3,(H3,19,20,21). The van der Waals surface area contributed by atoms with E-state index in [4.69, 9.17) is 5.73 Å². The number of hydrogen-bond donors (Lipinski definition) is 2. The molecule has 0 saturated carbocycles. The summed E-state index contributed by atoms with van der Waals surface area (Å²) in [6, 6.07) is 11.0. The number of nitrogens with one attached hydrogen (secondary N) is 1. The average molecular weight is 285 g/mol. The van der Waals surface area contributed by atoms with E-state index in [9.17, 15) is 4.39 Å². The van der Waals surface area contributed by atoms with Crippen LogP contribution in [-0.2, 0) is 6.54 Å². The Bertz CT molecular complexity index is 678. The van der Waals surface area contributed by atoms with Gasteiger partial charge >= 0.3 is 0 Å². The van der Waals surface area contributed by atoms with Crippen molar-refractivity contribution in [1.82, 2.24) is 0 Å². The van der Waals surface area contributed by atoms with Gasteiger partial charge in [0.25, 0.3) is 0 Å². The van der Waals surface area contributed by atoms with E-state index in [1.54, 1.807) is 19.1 Å². The summed E-state index contributed by atoms with van der Waals surface area (Å²) in [5.74, 6) is 0.143. The number of aryl methyl sites for hydroxylation is 3. The Labute approximate surface area is 124 Å². The smallest absolute Gasteiger partial charge is 0.193 e. The van der Waals surface area contributed by atoms with Crippen LogP contribution in [0.2, 0.25) is 0 Å². The van der Waals surface area contributed by atoms with Gasteiger partial charge in [0.15, 0.2) is 5.96 Å². The molecule has 2 rings (SSSR count). The Morgan fingerprint density at radius 2 is 1.81 bits per heavy atom. The first-order valence-electron chi connectivity index (χ1n) is 6.85. The molecule has 110 valence electrons. The molecule has 0 unspecified atom stereocenters. The molecule has 0 atom stereocenters. The predicted molar refractivity (Wildman–Crippen MR) is 86.0 cm³/mol. The molecule has 0 aliphatic heterocycles. The number of halogens is 1. The fourth-order valence-corrected chi connectivity index (χ4v) is 1.99. The summed E-state index contributed by atoms with van der Waals surface area (Å²) in [5, 5.41) is 3.06. The Kier molecular flexibility index (Phi) is 4.58. The maximum atomic E-state index is 13.2. The van der Waals surface area contributed by atoms with Crippen LogP contribution in [0.4, 0.5) is 10.1 Å². The second-order valence-corrected chi connectivity index (χ2v) is 5.21. The monoisotopic (exact) mass is 285 g/mol. The van der Waals surface area contributed by atoms with Crippen LogP contribution < -0.4 is 11.1 Å². The molecule has 0 fully saturated rings. The van der Waals surface area contributed by atoms with Crippen molar-refractivity contribution < 1.29 is 4.39 Å². The first-order valence-corrected chi connectivity index (χ1v) is 6.85. The average Bonchev–Trinajstić information content (AvgIpc) is 2.44. The number of hydrogen-bond acceptors (Lipinski definition) is 1. The first kappa shape index (κ1) is 15.0. The number of anilines is 1. The highest BCUT2D eigenvalue weighted by Crippen LogP contribution is 2.14. The van der Waals surface area contributed by atoms with Crippen molar-refractivity contribution in [3.63, 3.8) is 0 Å². The minimum absolute atomic E-state index is 0.205. The Morgan fingerprint density at radius 3 is 2.48 bits per heavy atom. The van der Waals surface area contributed by atoms with Crippen LogP contribution in [-0.4, -0.2) is 5.96 Å². The lowest BCUT2D eigenvalue weighted by Crippen LogP contribution is -2.22. The van der Waals surface area contributed by atoms with Gasteiger partial charge in [0, 0.05) is 5.69 Å². The van der Waals surface area contributed by atoms with E-state index in [-0.39, 0.29) is 5.82 Å². The fraction of sp³-hybridized carbons (Fsp3) is 0.235. The van der Waals surface area contributed by atoms with Gasteiger partial charge in [-0.15, -0.1) is 0 Å². The number of benzene rings is 2. The van der Waals surface area contributed by atoms with Crippen molar-refractivity contribution in [2.75, 3.05) is 5.32 Å². The zero-order valence-corrected chi connectivity index (χ0v) is 12.6. The van der Waals surface area contributed by atoms with Gasteiger partial charge in [-0.2, -0.15) is 0 Å². The highest BCUT2D eigenvalue weighted by Gasteiger charge is 2.00. The Balaban J connectivity index is 2.03. The maximum Gasteiger partial charge on any atom is 0.193 e. The Morgan fingerprint density at radius 1 is 1.05 bits per heavy atom. The third kappa shape index (κ3) is 4.05. The molecule has 2 aromatic rings. The number of nitrogens with two attached hydrogens (primary N) is 1. The summed E-state index contributed by atoms with van der Waals surface area (Å²) < 4.78 is 13.2. The summed E-state index contributed by atoms with van der Waals surface area (Å²) in [6.07, 6.45) is 0. The lowest BCUT2D eigenvalue weighted by Gasteiger charge is -2.08. The molecule has 4 heteroatoms. The van der Waals surface area contributed by atoms with E-state index in [1.807, 2.05) is 18.2 Å². The summed E-state index contributed by atoms with van der Waals surface area (Å²) >= 11 is 0. The number of aliphatic imine (C=N–C) groups is 1. The predicted octanol–water partition coefficient (Wildman–Crippen LogP) is 3.68. The quantitative estimate of drug-likeness (QED) is 0.667. The van der Waals surface area contributed by atoms with E-state index in [0.717, 1.165) is 11.3 Å². The molecular weight excluding hydrogens is 265 g/mol. The number of guanidine groups is 1. The SMILES string of the molecule is Cc1ccc(NC(N)=NCc2ccc(F)c(C)c2)cc1C. The van der Waals surface area contributed by atoms with Gasteiger partial charge in [-0.25, -0.2) is 9.38 Å². The summed E-state index contributed by atoms with van der Waals surface area (Å²) in [6.45, 7) is 6.27. The van der Waals surface area contributed by atoms with Crippen LogP contribution in [0.1, 0.15) is 22.3 Å². The molecule has 2 aromatic carbocycles. The van der Waals surface area contributed by atoms with Gasteiger partial charge in [-0.05, 0) is 61.2 Å². The number of rotatable bonds is 3. The molecule has 3 nitrogen and oxygen atoms in total. The minimum atomic E-state index is -0.205. The molecule has 21 heavy (non-hydrogen) atoms. The molecule has 0 spiro atoms. The zero-order chi connectivity index (χ0) is 15.4. The second-order valence-electron chi connectivity index (χ2n) is 5.21. The third-order valence-corrected chi connectivity index (χ3v) is 3.43. The van der Waals surface area contributed by atoms with E-state index < -0.39 is 0 Å². The molecule has 0 bridgehead atoms. The van der Waals surface area contributed by atoms with Crippen LogP contribution in [0.25, 0.3) is 0 Å². The highest BCUT2D eigenvalue weighted by atomic mass is 19.1. The van der Waals surface area contributed by atoms with Crippen molar-refractivity contribution in [2.24, 2.45) is 10.7 Å². The normalized spacial score (nSPS) is 11.5. The Hall–Kier alpha value is -2.36. The van der Waals surface area contributed by atoms with Gasteiger partial charge in [-0.3, -0.25) is 0 Å². The molecule has 0 amide bonds. The molecule has 3 N–H and O–H groups in total. The van der Waals surface area contributed by atoms with Crippen LogP contribution in [0.5, 0.6) is 0 Å². The molecule has 0 aromatic heterocycles. The first-order chi connectivity index (χ1) is 9.95. The molecule has 0 radical (unpaired) electrons. The van der Waals surface area contributed by atoms with E-state index >= 15 is 0 Å². The van der Waals surface area contributed by atoms with Gasteiger partial charge in [0.1, 0.15) is 5.82 Å². The highest BCUT2D eigenvalue weighted by molar-refractivity contribution is 5.92. The maximum absolute atomic E-state index is 13.2. The van der Waals surface area contributed by atoms with E-state index in [2.05, 4.69) is 24.2 Å². The summed E-state index contributed by atoms with van der Waals surface area (Å²) in [4.78, 5) is 4.27. The second kappa shape index (κ2) is 6.39. The molecule has 0 aliphatic rings. The number of nitrogens with zero attached hydrogens (tertiary/aromatic N) is 1. The van der Waals surface area contributed by atoms with Gasteiger partial charge in [0.2, 0.25) is 0 Å². The van der Waals surface area contributed by atoms with E-state index in [1.165, 1.54) is 17.2 Å². The molecule has 0 heterocycles. The summed E-state index contributed by atoms with van der Waals surface area (Å²) in [7, 11) is 0. The van der Waals surface area contributed by atoms with Crippen molar-refractivity contribution in [3.8, 4) is 0 Å². The zero-order valence-electron chi connectivity index (χ0n) is 12.6. The van der Waals surface area contributed by atoms with Gasteiger partial charge < -0.3 is 11.1 Å². The van der Waals surface area contributed by atoms with Crippen LogP contribution in [0, 0.1) is 26.6 Å². The van der Waals surface area contributed by atoms with Crippen molar-refractivity contribution in [3.05, 3.63) is 64.5 Å². The van der Waals surface area contributed by atoms with E-state index in [0.29, 0.717) is 18.1 Å². The van der Waals surface area contributed by atoms with Crippen molar-refractivity contribution in [1.29, 1.82) is 0 Å². The molecular formula is C17H20FN3. The largest absolute Gasteiger partial charge is 0.370 e. The topological polar surface area (TPSA) is 50.4 Å².